The molecule has 0 atom stereocenters. The zero-order valence-electron chi connectivity index (χ0n) is 13.5. The largest absolute Gasteiger partial charge is 0.505 e. The van der Waals surface area contributed by atoms with Gasteiger partial charge in [0, 0.05) is 28.4 Å². The molecule has 0 bridgehead atoms. The van der Waals surface area contributed by atoms with Gasteiger partial charge in [-0.2, -0.15) is 9.78 Å². The van der Waals surface area contributed by atoms with Gasteiger partial charge in [0.25, 0.3) is 17.2 Å². The second kappa shape index (κ2) is 7.38. The second-order valence-corrected chi connectivity index (χ2v) is 6.28. The number of hydrogen-bond donors (Lipinski definition) is 2. The van der Waals surface area contributed by atoms with Crippen LogP contribution in [0.2, 0.25) is 0 Å². The van der Waals surface area contributed by atoms with Gasteiger partial charge < -0.3 is 10.4 Å². The van der Waals surface area contributed by atoms with Gasteiger partial charge in [0.1, 0.15) is 0 Å². The fourth-order valence-electron chi connectivity index (χ4n) is 2.26. The van der Waals surface area contributed by atoms with Crippen molar-refractivity contribution in [2.24, 2.45) is 0 Å². The van der Waals surface area contributed by atoms with Gasteiger partial charge in [-0.3, -0.25) is 19.7 Å². The Hall–Kier alpha value is -3.53. The first-order chi connectivity index (χ1) is 12.8. The summed E-state index contributed by atoms with van der Waals surface area (Å²) in [6.07, 6.45) is 0. The predicted molar refractivity (Wildman–Crippen MR) is 100 cm³/mol. The van der Waals surface area contributed by atoms with Crippen LogP contribution in [0, 0.1) is 10.1 Å². The van der Waals surface area contributed by atoms with E-state index >= 15 is 0 Å². The van der Waals surface area contributed by atoms with Gasteiger partial charge in [0.15, 0.2) is 11.4 Å². The molecule has 3 aromatic rings. The van der Waals surface area contributed by atoms with E-state index in [9.17, 15) is 24.8 Å². The molecule has 0 saturated heterocycles. The highest BCUT2D eigenvalue weighted by Crippen LogP contribution is 2.20. The van der Waals surface area contributed by atoms with Crippen molar-refractivity contribution in [3.63, 3.8) is 0 Å². The number of nitro benzene ring substituents is 1. The number of carbonyl (C=O) groups excluding carboxylic acids is 1. The normalized spacial score (nSPS) is 10.4. The highest BCUT2D eigenvalue weighted by Gasteiger charge is 2.18. The highest BCUT2D eigenvalue weighted by atomic mass is 79.9. The Morgan fingerprint density at radius 2 is 1.89 bits per heavy atom. The van der Waals surface area contributed by atoms with Gasteiger partial charge in [-0.1, -0.05) is 22.0 Å². The molecule has 1 amide bonds. The number of nitrogens with zero attached hydrogens (tertiary/aromatic N) is 3. The molecule has 0 aliphatic rings. The molecule has 136 valence electrons. The monoisotopic (exact) mass is 430 g/mol. The average molecular weight is 431 g/mol. The van der Waals surface area contributed by atoms with Crippen LogP contribution in [0.15, 0.2) is 63.9 Å². The molecule has 3 rings (SSSR count). The number of aromatic nitrogens is 2. The zero-order chi connectivity index (χ0) is 19.6. The van der Waals surface area contributed by atoms with Crippen molar-refractivity contribution in [1.82, 2.24) is 9.78 Å². The molecular weight excluding hydrogens is 420 g/mol. The fourth-order valence-corrected chi connectivity index (χ4v) is 2.53. The van der Waals surface area contributed by atoms with Gasteiger partial charge >= 0.3 is 0 Å². The summed E-state index contributed by atoms with van der Waals surface area (Å²) in [5, 5.41) is 27.1. The number of rotatable bonds is 4. The lowest BCUT2D eigenvalue weighted by atomic mass is 10.2. The molecule has 0 unspecified atom stereocenters. The van der Waals surface area contributed by atoms with Crippen LogP contribution in [0.25, 0.3) is 5.69 Å². The number of halogens is 1. The number of amides is 1. The summed E-state index contributed by atoms with van der Waals surface area (Å²) in [6.45, 7) is 0. The molecule has 2 N–H and O–H groups in total. The Morgan fingerprint density at radius 1 is 1.19 bits per heavy atom. The van der Waals surface area contributed by atoms with Crippen LogP contribution in [-0.4, -0.2) is 25.7 Å². The molecule has 9 nitrogen and oxygen atoms in total. The van der Waals surface area contributed by atoms with Crippen molar-refractivity contribution in [3.05, 3.63) is 85.2 Å². The van der Waals surface area contributed by atoms with Crippen molar-refractivity contribution in [3.8, 4) is 11.4 Å². The zero-order valence-corrected chi connectivity index (χ0v) is 15.1. The lowest BCUT2D eigenvalue weighted by Crippen LogP contribution is -2.25. The van der Waals surface area contributed by atoms with Crippen molar-refractivity contribution < 1.29 is 14.8 Å². The van der Waals surface area contributed by atoms with Crippen LogP contribution >= 0.6 is 15.9 Å². The molecule has 0 radical (unpaired) electrons. The molecule has 1 heterocycles. The van der Waals surface area contributed by atoms with E-state index in [1.807, 2.05) is 0 Å². The molecule has 0 fully saturated rings. The smallest absolute Gasteiger partial charge is 0.279 e. The Bertz CT molecular complexity index is 1100. The van der Waals surface area contributed by atoms with E-state index in [0.717, 1.165) is 15.2 Å². The second-order valence-electron chi connectivity index (χ2n) is 5.37. The molecule has 0 saturated carbocycles. The quantitative estimate of drug-likeness (QED) is 0.483. The maximum atomic E-state index is 12.4. The summed E-state index contributed by atoms with van der Waals surface area (Å²) in [6, 6.07) is 12.8. The average Bonchev–Trinajstić information content (AvgIpc) is 2.63. The number of aromatic hydroxyl groups is 1. The molecular formula is C17H11BrN4O5. The lowest BCUT2D eigenvalue weighted by molar-refractivity contribution is -0.384. The van der Waals surface area contributed by atoms with E-state index < -0.39 is 27.8 Å². The third-order valence-electron chi connectivity index (χ3n) is 3.51. The first-order valence-corrected chi connectivity index (χ1v) is 8.29. The van der Waals surface area contributed by atoms with E-state index in [1.165, 1.54) is 24.3 Å². The summed E-state index contributed by atoms with van der Waals surface area (Å²) in [7, 11) is 0. The predicted octanol–water partition coefficient (Wildman–Crippen LogP) is 2.86. The number of non-ortho nitro benzene ring substituents is 1. The molecule has 0 aliphatic carbocycles. The first kappa shape index (κ1) is 18.3. The molecule has 1 aromatic heterocycles. The van der Waals surface area contributed by atoms with Gasteiger partial charge in [-0.15, -0.1) is 0 Å². The van der Waals surface area contributed by atoms with Crippen molar-refractivity contribution in [2.45, 2.75) is 0 Å². The maximum absolute atomic E-state index is 12.4. The van der Waals surface area contributed by atoms with E-state index in [4.69, 9.17) is 0 Å². The van der Waals surface area contributed by atoms with E-state index in [-0.39, 0.29) is 11.4 Å². The maximum Gasteiger partial charge on any atom is 0.279 e. The van der Waals surface area contributed by atoms with Crippen molar-refractivity contribution in [2.75, 3.05) is 5.32 Å². The van der Waals surface area contributed by atoms with Crippen molar-refractivity contribution >= 4 is 33.2 Å². The van der Waals surface area contributed by atoms with Gasteiger partial charge in [0.05, 0.1) is 10.6 Å². The minimum Gasteiger partial charge on any atom is -0.505 e. The van der Waals surface area contributed by atoms with Crippen LogP contribution in [0.3, 0.4) is 0 Å². The third-order valence-corrected chi connectivity index (χ3v) is 4.04. The number of anilines is 1. The Morgan fingerprint density at radius 3 is 2.56 bits per heavy atom. The van der Waals surface area contributed by atoms with E-state index in [0.29, 0.717) is 5.69 Å². The minimum absolute atomic E-state index is 0.150. The fraction of sp³-hybridized carbons (Fsp3) is 0. The van der Waals surface area contributed by atoms with Crippen LogP contribution in [0.4, 0.5) is 11.4 Å². The summed E-state index contributed by atoms with van der Waals surface area (Å²) in [5.41, 5.74) is -0.681. The third kappa shape index (κ3) is 4.01. The van der Waals surface area contributed by atoms with Crippen LogP contribution in [-0.2, 0) is 0 Å². The van der Waals surface area contributed by atoms with Crippen LogP contribution < -0.4 is 10.9 Å². The Kier molecular flexibility index (Phi) is 4.99. The number of carbonyl (C=O) groups is 1. The number of hydrogen-bond acceptors (Lipinski definition) is 6. The van der Waals surface area contributed by atoms with E-state index in [1.54, 1.807) is 24.3 Å². The van der Waals surface area contributed by atoms with Crippen LogP contribution in [0.5, 0.6) is 5.75 Å². The Labute approximate surface area is 160 Å². The number of nitro groups is 1. The highest BCUT2D eigenvalue weighted by molar-refractivity contribution is 9.10. The molecule has 2 aromatic carbocycles. The summed E-state index contributed by atoms with van der Waals surface area (Å²) < 4.78 is 1.76. The summed E-state index contributed by atoms with van der Waals surface area (Å²) in [5.74, 6) is -1.42. The Balaban J connectivity index is 1.96. The van der Waals surface area contributed by atoms with Gasteiger partial charge in [-0.25, -0.2) is 0 Å². The topological polar surface area (TPSA) is 127 Å². The van der Waals surface area contributed by atoms with Crippen LogP contribution in [0.1, 0.15) is 10.5 Å². The molecule has 0 aliphatic heterocycles. The molecule has 27 heavy (non-hydrogen) atoms. The first-order valence-electron chi connectivity index (χ1n) is 7.50. The minimum atomic E-state index is -0.821. The molecule has 0 spiro atoms. The number of benzene rings is 2. The van der Waals surface area contributed by atoms with E-state index in [2.05, 4.69) is 26.3 Å². The van der Waals surface area contributed by atoms with Gasteiger partial charge in [0.2, 0.25) is 0 Å². The number of nitrogens with one attached hydrogen (secondary N) is 1. The van der Waals surface area contributed by atoms with Crippen molar-refractivity contribution in [1.29, 1.82) is 0 Å². The molecule has 10 heteroatoms. The summed E-state index contributed by atoms with van der Waals surface area (Å²) in [4.78, 5) is 34.8. The SMILES string of the molecule is O=C(Nc1cccc([N+](=O)[O-])c1)c1nn(-c2ccc(Br)cc2)c(=O)cc1O. The summed E-state index contributed by atoms with van der Waals surface area (Å²) >= 11 is 3.28. The van der Waals surface area contributed by atoms with Gasteiger partial charge in [-0.05, 0) is 30.3 Å². The lowest BCUT2D eigenvalue weighted by Gasteiger charge is -2.09. The standard InChI is InChI=1S/C17H11BrN4O5/c18-10-4-6-12(7-5-10)21-15(24)9-14(23)16(20-21)17(25)19-11-2-1-3-13(8-11)22(26)27/h1-9,23H,(H,19,25).